The lowest BCUT2D eigenvalue weighted by Gasteiger charge is -2.33. The number of carbonyl (C=O) groups excluding carboxylic acids is 2. The fourth-order valence-corrected chi connectivity index (χ4v) is 5.96. The second-order valence-corrected chi connectivity index (χ2v) is 11.1. The van der Waals surface area contributed by atoms with Crippen LogP contribution in [0.5, 0.6) is 0 Å². The molecule has 0 fully saturated rings. The number of carbonyl (C=O) groups is 2. The van der Waals surface area contributed by atoms with Crippen LogP contribution in [0.3, 0.4) is 0 Å². The molecule has 1 atom stereocenters. The number of benzene rings is 1. The van der Waals surface area contributed by atoms with Gasteiger partial charge >= 0.3 is 0 Å². The van der Waals surface area contributed by atoms with Crippen LogP contribution in [0, 0.1) is 11.3 Å². The standard InChI is InChI=1S/C24H24Cl2N2O3S/c1-24(2,3)12-4-6-15-19(10-12)32-23(20(15)21(27)29)28-22(30)18-9-8-17(31-18)14-7-5-13(25)11-16(14)26/h5,7-9,11-12H,4,6,10H2,1-3H3,(H2,27,29)(H,28,30)/t12-/m1/s1. The first-order chi connectivity index (χ1) is 15.0. The number of furan rings is 1. The number of halogens is 2. The largest absolute Gasteiger partial charge is 0.451 e. The topological polar surface area (TPSA) is 85.3 Å². The van der Waals surface area contributed by atoms with Gasteiger partial charge in [0.05, 0.1) is 10.6 Å². The van der Waals surface area contributed by atoms with Crippen LogP contribution in [-0.2, 0) is 12.8 Å². The second kappa shape index (κ2) is 8.58. The SMILES string of the molecule is CC(C)(C)[C@@H]1CCc2c(sc(NC(=O)c3ccc(-c4ccc(Cl)cc4Cl)o3)c2C(N)=O)C1. The van der Waals surface area contributed by atoms with Crippen LogP contribution in [-0.4, -0.2) is 11.8 Å². The fourth-order valence-electron chi connectivity index (χ4n) is 4.13. The highest BCUT2D eigenvalue weighted by Crippen LogP contribution is 2.44. The van der Waals surface area contributed by atoms with E-state index in [0.717, 1.165) is 29.7 Å². The van der Waals surface area contributed by atoms with Crippen LogP contribution in [0.1, 0.15) is 58.5 Å². The molecule has 4 rings (SSSR count). The lowest BCUT2D eigenvalue weighted by Crippen LogP contribution is -2.27. The van der Waals surface area contributed by atoms with Gasteiger partial charge < -0.3 is 15.5 Å². The van der Waals surface area contributed by atoms with Crippen LogP contribution in [0.25, 0.3) is 11.3 Å². The average Bonchev–Trinajstić information content (AvgIpc) is 3.31. The number of primary amides is 1. The van der Waals surface area contributed by atoms with E-state index in [1.807, 2.05) is 0 Å². The Labute approximate surface area is 200 Å². The van der Waals surface area contributed by atoms with Crippen LogP contribution >= 0.6 is 34.5 Å². The third-order valence-corrected chi connectivity index (χ3v) is 7.71. The molecule has 0 aliphatic heterocycles. The van der Waals surface area contributed by atoms with Gasteiger partial charge in [0, 0.05) is 15.5 Å². The second-order valence-electron chi connectivity index (χ2n) is 9.12. The van der Waals surface area contributed by atoms with Gasteiger partial charge in [-0.25, -0.2) is 0 Å². The Bertz CT molecular complexity index is 1210. The van der Waals surface area contributed by atoms with Gasteiger partial charge in [0.1, 0.15) is 10.8 Å². The van der Waals surface area contributed by atoms with Gasteiger partial charge in [-0.2, -0.15) is 0 Å². The van der Waals surface area contributed by atoms with Crippen molar-refractivity contribution in [3.05, 3.63) is 62.1 Å². The Morgan fingerprint density at radius 3 is 2.59 bits per heavy atom. The van der Waals surface area contributed by atoms with Crippen molar-refractivity contribution in [3.63, 3.8) is 0 Å². The van der Waals surface area contributed by atoms with E-state index in [1.54, 1.807) is 30.3 Å². The molecule has 0 bridgehead atoms. The Morgan fingerprint density at radius 2 is 1.94 bits per heavy atom. The summed E-state index contributed by atoms with van der Waals surface area (Å²) in [5, 5.41) is 4.25. The van der Waals surface area contributed by atoms with E-state index < -0.39 is 11.8 Å². The van der Waals surface area contributed by atoms with Crippen molar-refractivity contribution in [1.82, 2.24) is 0 Å². The molecule has 0 saturated carbocycles. The maximum Gasteiger partial charge on any atom is 0.292 e. The number of hydrogen-bond acceptors (Lipinski definition) is 4. The number of thiophene rings is 1. The van der Waals surface area contributed by atoms with E-state index in [0.29, 0.717) is 37.9 Å². The number of rotatable bonds is 4. The van der Waals surface area contributed by atoms with Gasteiger partial charge in [-0.3, -0.25) is 9.59 Å². The van der Waals surface area contributed by atoms with E-state index in [-0.39, 0.29) is 11.2 Å². The quantitative estimate of drug-likeness (QED) is 0.420. The number of nitrogens with one attached hydrogen (secondary N) is 1. The zero-order chi connectivity index (χ0) is 23.2. The summed E-state index contributed by atoms with van der Waals surface area (Å²) in [5.41, 5.74) is 7.88. The van der Waals surface area contributed by atoms with E-state index >= 15 is 0 Å². The van der Waals surface area contributed by atoms with Crippen molar-refractivity contribution >= 4 is 51.4 Å². The summed E-state index contributed by atoms with van der Waals surface area (Å²) in [6.45, 7) is 6.69. The van der Waals surface area contributed by atoms with Crippen molar-refractivity contribution in [2.45, 2.75) is 40.0 Å². The third kappa shape index (κ3) is 4.45. The van der Waals surface area contributed by atoms with E-state index in [1.165, 1.54) is 11.3 Å². The van der Waals surface area contributed by atoms with Gasteiger partial charge in [-0.1, -0.05) is 44.0 Å². The zero-order valence-electron chi connectivity index (χ0n) is 18.1. The molecule has 8 heteroatoms. The first-order valence-corrected chi connectivity index (χ1v) is 11.9. The molecule has 2 amide bonds. The monoisotopic (exact) mass is 490 g/mol. The van der Waals surface area contributed by atoms with Gasteiger partial charge in [-0.15, -0.1) is 11.3 Å². The highest BCUT2D eigenvalue weighted by molar-refractivity contribution is 7.17. The molecular formula is C24H24Cl2N2O3S. The van der Waals surface area contributed by atoms with Crippen LogP contribution in [0.2, 0.25) is 10.0 Å². The van der Waals surface area contributed by atoms with Crippen LogP contribution < -0.4 is 11.1 Å². The molecule has 5 nitrogen and oxygen atoms in total. The number of amides is 2. The molecule has 0 spiro atoms. The number of fused-ring (bicyclic) bond motifs is 1. The normalized spacial score (nSPS) is 16.0. The molecule has 0 radical (unpaired) electrons. The molecule has 3 aromatic rings. The van der Waals surface area contributed by atoms with E-state index in [9.17, 15) is 9.59 Å². The van der Waals surface area contributed by atoms with Crippen molar-refractivity contribution in [3.8, 4) is 11.3 Å². The minimum absolute atomic E-state index is 0.111. The predicted molar refractivity (Wildman–Crippen MR) is 130 cm³/mol. The Morgan fingerprint density at radius 1 is 1.19 bits per heavy atom. The molecule has 0 unspecified atom stereocenters. The molecule has 168 valence electrons. The van der Waals surface area contributed by atoms with Crippen molar-refractivity contribution < 1.29 is 14.0 Å². The number of hydrogen-bond donors (Lipinski definition) is 2. The maximum absolute atomic E-state index is 12.9. The Balaban J connectivity index is 1.60. The molecule has 2 heterocycles. The third-order valence-electron chi connectivity index (χ3n) is 5.99. The lowest BCUT2D eigenvalue weighted by atomic mass is 9.72. The van der Waals surface area contributed by atoms with Gasteiger partial charge in [0.2, 0.25) is 0 Å². The van der Waals surface area contributed by atoms with Crippen molar-refractivity contribution in [2.75, 3.05) is 5.32 Å². The minimum atomic E-state index is -0.528. The maximum atomic E-state index is 12.9. The molecule has 1 aliphatic rings. The summed E-state index contributed by atoms with van der Waals surface area (Å²) in [4.78, 5) is 26.3. The summed E-state index contributed by atoms with van der Waals surface area (Å²) in [7, 11) is 0. The summed E-state index contributed by atoms with van der Waals surface area (Å²) in [6, 6.07) is 8.29. The molecule has 1 aliphatic carbocycles. The zero-order valence-corrected chi connectivity index (χ0v) is 20.4. The smallest absolute Gasteiger partial charge is 0.292 e. The Hall–Kier alpha value is -2.28. The molecule has 32 heavy (non-hydrogen) atoms. The van der Waals surface area contributed by atoms with Gasteiger partial charge in [0.25, 0.3) is 11.8 Å². The highest BCUT2D eigenvalue weighted by Gasteiger charge is 2.33. The lowest BCUT2D eigenvalue weighted by molar-refractivity contribution is 0.0997. The molecule has 0 saturated heterocycles. The number of nitrogens with two attached hydrogens (primary N) is 1. The summed E-state index contributed by atoms with van der Waals surface area (Å²) in [6.07, 6.45) is 2.64. The highest BCUT2D eigenvalue weighted by atomic mass is 35.5. The van der Waals surface area contributed by atoms with Crippen LogP contribution in [0.4, 0.5) is 5.00 Å². The summed E-state index contributed by atoms with van der Waals surface area (Å²) < 4.78 is 5.74. The molecule has 3 N–H and O–H groups in total. The minimum Gasteiger partial charge on any atom is -0.451 e. The van der Waals surface area contributed by atoms with Gasteiger partial charge in [-0.05, 0) is 66.5 Å². The molecular weight excluding hydrogens is 467 g/mol. The van der Waals surface area contributed by atoms with Crippen LogP contribution in [0.15, 0.2) is 34.7 Å². The fraction of sp³-hybridized carbons (Fsp3) is 0.333. The summed E-state index contributed by atoms with van der Waals surface area (Å²) >= 11 is 13.6. The van der Waals surface area contributed by atoms with Crippen molar-refractivity contribution in [2.24, 2.45) is 17.1 Å². The van der Waals surface area contributed by atoms with E-state index in [4.69, 9.17) is 33.4 Å². The van der Waals surface area contributed by atoms with E-state index in [2.05, 4.69) is 26.1 Å². The summed E-state index contributed by atoms with van der Waals surface area (Å²) in [5.74, 6) is 0.0930. The van der Waals surface area contributed by atoms with Crippen molar-refractivity contribution in [1.29, 1.82) is 0 Å². The molecule has 2 aromatic heterocycles. The average molecular weight is 491 g/mol. The number of anilines is 1. The first kappa shape index (κ1) is 22.9. The first-order valence-electron chi connectivity index (χ1n) is 10.4. The Kier molecular flexibility index (Phi) is 6.14. The molecule has 1 aromatic carbocycles. The predicted octanol–water partition coefficient (Wildman–Crippen LogP) is 6.82. The van der Waals surface area contributed by atoms with Gasteiger partial charge in [0.15, 0.2) is 5.76 Å².